The lowest BCUT2D eigenvalue weighted by Crippen LogP contribution is -2.42. The molecular weight excluding hydrogens is 251 g/mol. The number of carbonyl (C=O) groups excluding carboxylic acids is 1. The number of benzene rings is 1. The number of hydrogen-bond acceptors (Lipinski definition) is 2. The highest BCUT2D eigenvalue weighted by atomic mass is 32.1. The number of nitrogens with zero attached hydrogens (tertiary/aromatic N) is 1. The molecule has 0 spiro atoms. The molecule has 1 aliphatic rings. The molecule has 1 fully saturated rings. The van der Waals surface area contributed by atoms with Crippen LogP contribution in [0.1, 0.15) is 28.8 Å². The molecule has 0 saturated carbocycles. The zero-order valence-electron chi connectivity index (χ0n) is 10.1. The molecule has 0 aromatic heterocycles. The third kappa shape index (κ3) is 2.51. The largest absolute Gasteiger partial charge is 0.392 e. The molecule has 1 aliphatic heterocycles. The molecule has 1 atom stereocenters. The number of likely N-dealkylation sites (tertiary alicyclic amines) is 1. The van der Waals surface area contributed by atoms with Crippen LogP contribution in [0.4, 0.5) is 4.39 Å². The number of nitrogens with two attached hydrogens (primary N) is 1. The van der Waals surface area contributed by atoms with Crippen LogP contribution in [0.25, 0.3) is 0 Å². The second-order valence-corrected chi connectivity index (χ2v) is 5.05. The highest BCUT2D eigenvalue weighted by Crippen LogP contribution is 2.21. The van der Waals surface area contributed by atoms with E-state index in [9.17, 15) is 9.18 Å². The maximum atomic E-state index is 13.3. The Bertz CT molecular complexity index is 484. The summed E-state index contributed by atoms with van der Waals surface area (Å²) < 4.78 is 13.3. The van der Waals surface area contributed by atoms with Gasteiger partial charge in [0.05, 0.1) is 11.0 Å². The first-order valence-electron chi connectivity index (χ1n) is 5.86. The third-order valence-corrected chi connectivity index (χ3v) is 3.40. The van der Waals surface area contributed by atoms with Crippen molar-refractivity contribution in [2.75, 3.05) is 6.54 Å². The molecule has 1 aromatic rings. The molecule has 1 saturated heterocycles. The minimum absolute atomic E-state index is 0.198. The molecule has 5 heteroatoms. The molecule has 1 heterocycles. The van der Waals surface area contributed by atoms with Crippen LogP contribution >= 0.6 is 12.2 Å². The van der Waals surface area contributed by atoms with Gasteiger partial charge in [-0.1, -0.05) is 12.2 Å². The Morgan fingerprint density at radius 1 is 1.50 bits per heavy atom. The predicted molar refractivity (Wildman–Crippen MR) is 72.0 cm³/mol. The van der Waals surface area contributed by atoms with Gasteiger partial charge in [0.2, 0.25) is 0 Å². The van der Waals surface area contributed by atoms with Crippen molar-refractivity contribution < 1.29 is 9.18 Å². The van der Waals surface area contributed by atoms with Gasteiger partial charge in [0, 0.05) is 12.1 Å². The number of aryl methyl sites for hydroxylation is 1. The Balaban J connectivity index is 2.28. The van der Waals surface area contributed by atoms with Crippen molar-refractivity contribution in [2.24, 2.45) is 5.73 Å². The standard InChI is InChI=1S/C13H15FN2OS/c1-8-5-9(7-10(14)6-8)13(17)16-4-2-3-11(16)12(15)18/h5-7,11H,2-4H2,1H3,(H2,15,18). The molecule has 1 amide bonds. The molecule has 2 rings (SSSR count). The van der Waals surface area contributed by atoms with Crippen LogP contribution in [0.2, 0.25) is 0 Å². The summed E-state index contributed by atoms with van der Waals surface area (Å²) >= 11 is 4.96. The quantitative estimate of drug-likeness (QED) is 0.833. The monoisotopic (exact) mass is 266 g/mol. The fourth-order valence-electron chi connectivity index (χ4n) is 2.33. The van der Waals surface area contributed by atoms with Crippen LogP contribution in [0.3, 0.4) is 0 Å². The summed E-state index contributed by atoms with van der Waals surface area (Å²) in [6.07, 6.45) is 1.66. The van der Waals surface area contributed by atoms with Gasteiger partial charge in [-0.2, -0.15) is 0 Å². The summed E-state index contributed by atoms with van der Waals surface area (Å²) in [5, 5.41) is 0. The molecule has 96 valence electrons. The van der Waals surface area contributed by atoms with Gasteiger partial charge in [-0.05, 0) is 43.5 Å². The summed E-state index contributed by atoms with van der Waals surface area (Å²) in [6, 6.07) is 4.13. The Kier molecular flexibility index (Phi) is 3.61. The number of rotatable bonds is 2. The lowest BCUT2D eigenvalue weighted by molar-refractivity contribution is 0.0770. The van der Waals surface area contributed by atoms with Gasteiger partial charge in [-0.3, -0.25) is 4.79 Å². The normalized spacial score (nSPS) is 19.0. The average Bonchev–Trinajstić information content (AvgIpc) is 2.75. The lowest BCUT2D eigenvalue weighted by atomic mass is 10.1. The zero-order valence-corrected chi connectivity index (χ0v) is 11.0. The van der Waals surface area contributed by atoms with Crippen LogP contribution in [0.5, 0.6) is 0 Å². The van der Waals surface area contributed by atoms with Gasteiger partial charge in [-0.15, -0.1) is 0 Å². The lowest BCUT2D eigenvalue weighted by Gasteiger charge is -2.23. The first-order chi connectivity index (χ1) is 8.49. The Morgan fingerprint density at radius 2 is 2.22 bits per heavy atom. The number of halogens is 1. The van der Waals surface area contributed by atoms with Crippen LogP contribution in [0, 0.1) is 12.7 Å². The molecule has 0 bridgehead atoms. The number of amides is 1. The molecule has 0 aliphatic carbocycles. The van der Waals surface area contributed by atoms with Gasteiger partial charge in [-0.25, -0.2) is 4.39 Å². The second kappa shape index (κ2) is 5.02. The SMILES string of the molecule is Cc1cc(F)cc(C(=O)N2CCCC2C(N)=S)c1. The predicted octanol–water partition coefficient (Wildman–Crippen LogP) is 2.02. The maximum Gasteiger partial charge on any atom is 0.254 e. The first kappa shape index (κ1) is 13.0. The van der Waals surface area contributed by atoms with E-state index in [2.05, 4.69) is 0 Å². The summed E-state index contributed by atoms with van der Waals surface area (Å²) in [5.41, 5.74) is 6.71. The van der Waals surface area contributed by atoms with E-state index in [4.69, 9.17) is 18.0 Å². The van der Waals surface area contributed by atoms with Gasteiger partial charge >= 0.3 is 0 Å². The van der Waals surface area contributed by atoms with E-state index >= 15 is 0 Å². The summed E-state index contributed by atoms with van der Waals surface area (Å²) in [4.78, 5) is 14.3. The van der Waals surface area contributed by atoms with Crippen LogP contribution in [-0.4, -0.2) is 28.4 Å². The van der Waals surface area contributed by atoms with E-state index in [1.54, 1.807) is 17.9 Å². The first-order valence-corrected chi connectivity index (χ1v) is 6.27. The topological polar surface area (TPSA) is 46.3 Å². The van der Waals surface area contributed by atoms with Crippen molar-refractivity contribution in [3.8, 4) is 0 Å². The highest BCUT2D eigenvalue weighted by Gasteiger charge is 2.31. The summed E-state index contributed by atoms with van der Waals surface area (Å²) in [5.74, 6) is -0.600. The molecule has 1 aromatic carbocycles. The molecule has 3 nitrogen and oxygen atoms in total. The van der Waals surface area contributed by atoms with Crippen molar-refractivity contribution in [1.82, 2.24) is 4.90 Å². The third-order valence-electron chi connectivity index (χ3n) is 3.13. The Labute approximate surface area is 111 Å². The van der Waals surface area contributed by atoms with E-state index < -0.39 is 5.82 Å². The Morgan fingerprint density at radius 3 is 2.83 bits per heavy atom. The number of carbonyl (C=O) groups is 1. The van der Waals surface area contributed by atoms with E-state index in [1.165, 1.54) is 12.1 Å². The number of thiocarbonyl (C=S) groups is 1. The van der Waals surface area contributed by atoms with E-state index in [0.29, 0.717) is 17.1 Å². The van der Waals surface area contributed by atoms with Gasteiger partial charge in [0.1, 0.15) is 5.82 Å². The molecular formula is C13H15FN2OS. The van der Waals surface area contributed by atoms with Gasteiger partial charge < -0.3 is 10.6 Å². The van der Waals surface area contributed by atoms with Crippen molar-refractivity contribution in [3.63, 3.8) is 0 Å². The maximum absolute atomic E-state index is 13.3. The number of hydrogen-bond donors (Lipinski definition) is 1. The summed E-state index contributed by atoms with van der Waals surface area (Å²) in [6.45, 7) is 2.38. The van der Waals surface area contributed by atoms with Gasteiger partial charge in [0.15, 0.2) is 0 Å². The fraction of sp³-hybridized carbons (Fsp3) is 0.385. The van der Waals surface area contributed by atoms with Crippen molar-refractivity contribution in [2.45, 2.75) is 25.8 Å². The molecule has 18 heavy (non-hydrogen) atoms. The van der Waals surface area contributed by atoms with Crippen LogP contribution < -0.4 is 5.73 Å². The minimum atomic E-state index is -0.399. The molecule has 1 unspecified atom stereocenters. The van der Waals surface area contributed by atoms with Crippen LogP contribution in [-0.2, 0) is 0 Å². The highest BCUT2D eigenvalue weighted by molar-refractivity contribution is 7.80. The van der Waals surface area contributed by atoms with E-state index in [-0.39, 0.29) is 11.9 Å². The average molecular weight is 266 g/mol. The molecule has 0 radical (unpaired) electrons. The van der Waals surface area contributed by atoms with Crippen molar-refractivity contribution in [1.29, 1.82) is 0 Å². The van der Waals surface area contributed by atoms with E-state index in [1.807, 2.05) is 0 Å². The smallest absolute Gasteiger partial charge is 0.254 e. The van der Waals surface area contributed by atoms with Crippen LogP contribution in [0.15, 0.2) is 18.2 Å². The Hall–Kier alpha value is -1.49. The van der Waals surface area contributed by atoms with E-state index in [0.717, 1.165) is 18.4 Å². The molecule has 2 N–H and O–H groups in total. The van der Waals surface area contributed by atoms with Crippen molar-refractivity contribution in [3.05, 3.63) is 35.1 Å². The fourth-order valence-corrected chi connectivity index (χ4v) is 2.58. The van der Waals surface area contributed by atoms with Gasteiger partial charge in [0.25, 0.3) is 5.91 Å². The zero-order chi connectivity index (χ0) is 13.3. The second-order valence-electron chi connectivity index (χ2n) is 4.58. The minimum Gasteiger partial charge on any atom is -0.392 e. The summed E-state index contributed by atoms with van der Waals surface area (Å²) in [7, 11) is 0. The van der Waals surface area contributed by atoms with Crippen molar-refractivity contribution >= 4 is 23.1 Å².